The van der Waals surface area contributed by atoms with E-state index in [0.29, 0.717) is 32.1 Å². The maximum Gasteiger partial charge on any atom is 0.290 e. The van der Waals surface area contributed by atoms with Crippen LogP contribution >= 0.6 is 0 Å². The van der Waals surface area contributed by atoms with E-state index in [2.05, 4.69) is 11.9 Å². The number of fused-ring (bicyclic) bond motifs is 1. The largest absolute Gasteiger partial charge is 0.451 e. The number of likely N-dealkylation sites (tertiary alicyclic amines) is 1. The van der Waals surface area contributed by atoms with Crippen LogP contribution in [0.2, 0.25) is 0 Å². The fourth-order valence-corrected chi connectivity index (χ4v) is 4.52. The summed E-state index contributed by atoms with van der Waals surface area (Å²) in [6.45, 7) is 6.38. The predicted octanol–water partition coefficient (Wildman–Crippen LogP) is 4.04. The smallest absolute Gasteiger partial charge is 0.290 e. The van der Waals surface area contributed by atoms with E-state index in [1.165, 1.54) is 5.56 Å². The molecule has 0 bridgehead atoms. The van der Waals surface area contributed by atoms with Crippen LogP contribution in [0.4, 0.5) is 0 Å². The number of amides is 1. The van der Waals surface area contributed by atoms with Crippen molar-refractivity contribution in [3.63, 3.8) is 0 Å². The molecule has 4 heterocycles. The van der Waals surface area contributed by atoms with Crippen LogP contribution < -0.4 is 0 Å². The highest BCUT2D eigenvalue weighted by Crippen LogP contribution is 2.37. The summed E-state index contributed by atoms with van der Waals surface area (Å²) in [5.74, 6) is 0.369. The highest BCUT2D eigenvalue weighted by molar-refractivity contribution is 5.99. The van der Waals surface area contributed by atoms with Gasteiger partial charge in [-0.2, -0.15) is 0 Å². The fourth-order valence-electron chi connectivity index (χ4n) is 4.52. The number of rotatable bonds is 4. The minimum Gasteiger partial charge on any atom is -0.451 e. The third-order valence-corrected chi connectivity index (χ3v) is 6.35. The zero-order chi connectivity index (χ0) is 20.7. The Balaban J connectivity index is 1.22. The van der Waals surface area contributed by atoms with Crippen LogP contribution in [0.15, 0.2) is 47.1 Å². The van der Waals surface area contributed by atoms with Crippen molar-refractivity contribution in [1.82, 2.24) is 9.88 Å². The van der Waals surface area contributed by atoms with Gasteiger partial charge in [0.1, 0.15) is 11.2 Å². The van der Waals surface area contributed by atoms with E-state index in [1.807, 2.05) is 48.4 Å². The van der Waals surface area contributed by atoms with E-state index in [-0.39, 0.29) is 17.6 Å². The summed E-state index contributed by atoms with van der Waals surface area (Å²) in [5, 5.41) is 0.990. The molecule has 1 aromatic carbocycles. The van der Waals surface area contributed by atoms with E-state index in [0.717, 1.165) is 34.9 Å². The maximum absolute atomic E-state index is 13.0. The molecule has 0 N–H and O–H groups in total. The topological polar surface area (TPSA) is 64.8 Å². The lowest BCUT2D eigenvalue weighted by Gasteiger charge is -2.52. The number of aryl methyl sites for hydroxylation is 2. The van der Waals surface area contributed by atoms with Crippen LogP contribution in [-0.4, -0.2) is 47.2 Å². The van der Waals surface area contributed by atoms with Crippen molar-refractivity contribution in [2.24, 2.45) is 0 Å². The zero-order valence-electron chi connectivity index (χ0n) is 17.4. The summed E-state index contributed by atoms with van der Waals surface area (Å²) >= 11 is 0. The summed E-state index contributed by atoms with van der Waals surface area (Å²) in [5.41, 5.74) is 3.65. The van der Waals surface area contributed by atoms with Crippen LogP contribution in [0.1, 0.15) is 40.1 Å². The lowest BCUT2D eigenvalue weighted by atomic mass is 9.84. The number of carbonyl (C=O) groups is 1. The molecule has 2 fully saturated rings. The Labute approximate surface area is 175 Å². The van der Waals surface area contributed by atoms with Crippen molar-refractivity contribution in [3.8, 4) is 0 Å². The van der Waals surface area contributed by atoms with E-state index < -0.39 is 0 Å². The zero-order valence-corrected chi connectivity index (χ0v) is 17.4. The summed E-state index contributed by atoms with van der Waals surface area (Å²) in [6, 6.07) is 9.76. The Kier molecular flexibility index (Phi) is 4.83. The molecule has 2 saturated heterocycles. The van der Waals surface area contributed by atoms with Crippen molar-refractivity contribution in [2.45, 2.75) is 45.0 Å². The molecular formula is C24H26N2O4. The molecule has 0 saturated carbocycles. The molecule has 1 amide bonds. The summed E-state index contributed by atoms with van der Waals surface area (Å²) in [4.78, 5) is 19.0. The first-order valence-electron chi connectivity index (χ1n) is 10.5. The molecular weight excluding hydrogens is 380 g/mol. The first-order chi connectivity index (χ1) is 14.5. The molecule has 156 valence electrons. The number of hydrogen-bond acceptors (Lipinski definition) is 5. The minimum atomic E-state index is -0.303. The van der Waals surface area contributed by atoms with Gasteiger partial charge in [0.25, 0.3) is 5.91 Å². The number of aromatic nitrogens is 1. The van der Waals surface area contributed by atoms with E-state index in [1.54, 1.807) is 6.20 Å². The Morgan fingerprint density at radius 2 is 2.10 bits per heavy atom. The minimum absolute atomic E-state index is 0.0630. The molecule has 3 aromatic rings. The van der Waals surface area contributed by atoms with Crippen LogP contribution in [0.5, 0.6) is 0 Å². The molecule has 2 aliphatic rings. The number of hydrogen-bond donors (Lipinski definition) is 0. The third kappa shape index (κ3) is 3.40. The Morgan fingerprint density at radius 1 is 1.27 bits per heavy atom. The first-order valence-corrected chi connectivity index (χ1v) is 10.5. The van der Waals surface area contributed by atoms with Crippen molar-refractivity contribution >= 4 is 16.9 Å². The maximum atomic E-state index is 13.0. The van der Waals surface area contributed by atoms with Gasteiger partial charge in [0, 0.05) is 36.4 Å². The predicted molar refractivity (Wildman–Crippen MR) is 112 cm³/mol. The standard InChI is InChI=1S/C24H26N2O4/c1-16-7-9-25-12-18(16)13-28-19-8-10-29-24(11-19)14-26(15-24)23(27)22-17(2)20-5-3-4-6-21(20)30-22/h3-7,9,12,19H,8,10-11,13-15H2,1-2H3/t19-/m1/s1. The van der Waals surface area contributed by atoms with E-state index >= 15 is 0 Å². The molecule has 1 spiro atoms. The van der Waals surface area contributed by atoms with Gasteiger partial charge < -0.3 is 18.8 Å². The Hall–Kier alpha value is -2.70. The van der Waals surface area contributed by atoms with Gasteiger partial charge in [0.15, 0.2) is 5.76 Å². The van der Waals surface area contributed by atoms with Crippen molar-refractivity contribution in [1.29, 1.82) is 0 Å². The molecule has 0 unspecified atom stereocenters. The Morgan fingerprint density at radius 3 is 2.90 bits per heavy atom. The lowest BCUT2D eigenvalue weighted by Crippen LogP contribution is -2.67. The summed E-state index contributed by atoms with van der Waals surface area (Å²) in [6.07, 6.45) is 5.46. The summed E-state index contributed by atoms with van der Waals surface area (Å²) < 4.78 is 18.1. The average molecular weight is 406 g/mol. The van der Waals surface area contributed by atoms with E-state index in [4.69, 9.17) is 13.9 Å². The van der Waals surface area contributed by atoms with Gasteiger partial charge in [-0.25, -0.2) is 0 Å². The van der Waals surface area contributed by atoms with Crippen LogP contribution in [-0.2, 0) is 16.1 Å². The number of ether oxygens (including phenoxy) is 2. The highest BCUT2D eigenvalue weighted by Gasteiger charge is 2.50. The Bertz CT molecular complexity index is 1080. The summed E-state index contributed by atoms with van der Waals surface area (Å²) in [7, 11) is 0. The number of carbonyl (C=O) groups excluding carboxylic acids is 1. The van der Waals surface area contributed by atoms with Crippen LogP contribution in [0, 0.1) is 13.8 Å². The average Bonchev–Trinajstić information content (AvgIpc) is 3.08. The van der Waals surface area contributed by atoms with Gasteiger partial charge in [-0.15, -0.1) is 0 Å². The second kappa shape index (κ2) is 7.52. The number of para-hydroxylation sites is 1. The molecule has 30 heavy (non-hydrogen) atoms. The van der Waals surface area contributed by atoms with Crippen molar-refractivity contribution in [3.05, 3.63) is 65.2 Å². The van der Waals surface area contributed by atoms with Crippen LogP contribution in [0.3, 0.4) is 0 Å². The quantitative estimate of drug-likeness (QED) is 0.654. The van der Waals surface area contributed by atoms with Gasteiger partial charge in [-0.3, -0.25) is 9.78 Å². The molecule has 6 heteroatoms. The number of pyridine rings is 1. The molecule has 2 aromatic heterocycles. The molecule has 0 aliphatic carbocycles. The van der Waals surface area contributed by atoms with Gasteiger partial charge in [0.2, 0.25) is 0 Å². The SMILES string of the molecule is Cc1ccncc1CO[C@@H]1CCOC2(C1)CN(C(=O)c1oc3ccccc3c1C)C2. The normalized spacial score (nSPS) is 20.5. The first kappa shape index (κ1) is 19.3. The number of nitrogens with zero attached hydrogens (tertiary/aromatic N) is 2. The van der Waals surface area contributed by atoms with Crippen molar-refractivity contribution in [2.75, 3.05) is 19.7 Å². The van der Waals surface area contributed by atoms with E-state index in [9.17, 15) is 4.79 Å². The molecule has 0 radical (unpaired) electrons. The lowest BCUT2D eigenvalue weighted by molar-refractivity contribution is -0.188. The monoisotopic (exact) mass is 406 g/mol. The number of furan rings is 1. The molecule has 1 atom stereocenters. The fraction of sp³-hybridized carbons (Fsp3) is 0.417. The van der Waals surface area contributed by atoms with Crippen molar-refractivity contribution < 1.29 is 18.7 Å². The second-order valence-electron chi connectivity index (χ2n) is 8.47. The number of benzene rings is 1. The highest BCUT2D eigenvalue weighted by atomic mass is 16.5. The van der Waals surface area contributed by atoms with Gasteiger partial charge >= 0.3 is 0 Å². The molecule has 2 aliphatic heterocycles. The molecule has 6 nitrogen and oxygen atoms in total. The molecule has 5 rings (SSSR count). The van der Waals surface area contributed by atoms with Crippen LogP contribution in [0.25, 0.3) is 11.0 Å². The van der Waals surface area contributed by atoms with Gasteiger partial charge in [-0.1, -0.05) is 18.2 Å². The second-order valence-corrected chi connectivity index (χ2v) is 8.47. The third-order valence-electron chi connectivity index (χ3n) is 6.35. The van der Waals surface area contributed by atoms with Gasteiger partial charge in [0.05, 0.1) is 25.8 Å². The van der Waals surface area contributed by atoms with Gasteiger partial charge in [-0.05, 0) is 43.5 Å².